The lowest BCUT2D eigenvalue weighted by Gasteiger charge is -2.08. The van der Waals surface area contributed by atoms with Crippen LogP contribution in [0.1, 0.15) is 31.7 Å². The highest BCUT2D eigenvalue weighted by Crippen LogP contribution is 2.17. The molecule has 254 valence electrons. The molecule has 0 heterocycles. The number of unbranched alkanes of at least 4 members (excludes halogenated alkanes) is 2. The van der Waals surface area contributed by atoms with Crippen molar-refractivity contribution in [3.63, 3.8) is 0 Å². The molecule has 0 saturated carbocycles. The third-order valence-electron chi connectivity index (χ3n) is 5.49. The van der Waals surface area contributed by atoms with E-state index in [2.05, 4.69) is 6.92 Å². The van der Waals surface area contributed by atoms with Crippen LogP contribution in [-0.2, 0) is 49.1 Å². The molecule has 43 heavy (non-hydrogen) atoms. The average Bonchev–Trinajstić information content (AvgIpc) is 3.02. The second-order valence-corrected chi connectivity index (χ2v) is 9.04. The van der Waals surface area contributed by atoms with E-state index in [0.717, 1.165) is 12.0 Å². The van der Waals surface area contributed by atoms with E-state index in [-0.39, 0.29) is 13.2 Å². The van der Waals surface area contributed by atoms with Gasteiger partial charge in [-0.25, -0.2) is 0 Å². The van der Waals surface area contributed by atoms with E-state index in [1.165, 1.54) is 19.3 Å². The SMILES string of the molecule is CCCCCc1ccccc1O.OCCOCCOCCOCCOCCOCCOCCOCCOCCOCCO. The first-order chi connectivity index (χ1) is 21.3. The molecule has 0 radical (unpaired) electrons. The Kier molecular flexibility index (Phi) is 35.6. The Bertz CT molecular complexity index is 625. The Morgan fingerprint density at radius 3 is 1.02 bits per heavy atom. The molecule has 12 heteroatoms. The Morgan fingerprint density at radius 1 is 0.442 bits per heavy atom. The van der Waals surface area contributed by atoms with Crippen LogP contribution >= 0.6 is 0 Å². The molecule has 0 bridgehead atoms. The summed E-state index contributed by atoms with van der Waals surface area (Å²) in [6, 6.07) is 7.58. The predicted octanol–water partition coefficient (Wildman–Crippen LogP) is 2.25. The van der Waals surface area contributed by atoms with Crippen molar-refractivity contribution >= 4 is 0 Å². The van der Waals surface area contributed by atoms with Crippen molar-refractivity contribution in [1.82, 2.24) is 0 Å². The molecule has 0 unspecified atom stereocenters. The maximum Gasteiger partial charge on any atom is 0.118 e. The summed E-state index contributed by atoms with van der Waals surface area (Å²) >= 11 is 0. The van der Waals surface area contributed by atoms with E-state index in [4.69, 9.17) is 52.8 Å². The van der Waals surface area contributed by atoms with E-state index >= 15 is 0 Å². The largest absolute Gasteiger partial charge is 0.508 e. The van der Waals surface area contributed by atoms with Gasteiger partial charge in [0, 0.05) is 0 Å². The molecule has 0 aliphatic rings. The number of ether oxygens (including phenoxy) is 9. The fourth-order valence-corrected chi connectivity index (χ4v) is 3.28. The Balaban J connectivity index is 0.00000121. The molecule has 3 N–H and O–H groups in total. The van der Waals surface area contributed by atoms with Gasteiger partial charge in [0.05, 0.1) is 132 Å². The number of aromatic hydroxyl groups is 1. The van der Waals surface area contributed by atoms with Gasteiger partial charge in [0.1, 0.15) is 5.75 Å². The second kappa shape index (κ2) is 36.8. The van der Waals surface area contributed by atoms with Gasteiger partial charge in [0.2, 0.25) is 0 Å². The fourth-order valence-electron chi connectivity index (χ4n) is 3.28. The number of benzene rings is 1. The maximum atomic E-state index is 9.41. The molecule has 0 fully saturated rings. The fraction of sp³-hybridized carbons (Fsp3) is 0.806. The van der Waals surface area contributed by atoms with Crippen molar-refractivity contribution in [1.29, 1.82) is 0 Å². The molecule has 0 saturated heterocycles. The van der Waals surface area contributed by atoms with Crippen LogP contribution in [0.25, 0.3) is 0 Å². The maximum absolute atomic E-state index is 9.41. The quantitative estimate of drug-likeness (QED) is 0.101. The Hall–Kier alpha value is -1.42. The van der Waals surface area contributed by atoms with Crippen molar-refractivity contribution in [2.75, 3.05) is 132 Å². The van der Waals surface area contributed by atoms with Gasteiger partial charge in [-0.1, -0.05) is 38.0 Å². The Morgan fingerprint density at radius 2 is 0.744 bits per heavy atom. The summed E-state index contributed by atoms with van der Waals surface area (Å²) in [6.45, 7) is 11.0. The van der Waals surface area contributed by atoms with E-state index in [1.807, 2.05) is 18.2 Å². The zero-order valence-electron chi connectivity index (χ0n) is 26.3. The minimum absolute atomic E-state index is 0.0278. The number of rotatable bonds is 32. The first-order valence-electron chi connectivity index (χ1n) is 15.4. The molecule has 0 aliphatic heterocycles. The van der Waals surface area contributed by atoms with Gasteiger partial charge in [0.15, 0.2) is 0 Å². The lowest BCUT2D eigenvalue weighted by Crippen LogP contribution is -2.15. The van der Waals surface area contributed by atoms with Crippen LogP contribution in [0, 0.1) is 0 Å². The van der Waals surface area contributed by atoms with Crippen LogP contribution in [0.5, 0.6) is 5.75 Å². The summed E-state index contributed by atoms with van der Waals surface area (Å²) in [5, 5.41) is 26.5. The predicted molar refractivity (Wildman–Crippen MR) is 163 cm³/mol. The minimum Gasteiger partial charge on any atom is -0.508 e. The van der Waals surface area contributed by atoms with E-state index in [0.29, 0.717) is 125 Å². The zero-order chi connectivity index (χ0) is 31.3. The third-order valence-corrected chi connectivity index (χ3v) is 5.49. The van der Waals surface area contributed by atoms with E-state index in [1.54, 1.807) is 6.07 Å². The number of hydrogen-bond donors (Lipinski definition) is 3. The molecule has 0 spiro atoms. The lowest BCUT2D eigenvalue weighted by atomic mass is 10.1. The summed E-state index contributed by atoms with van der Waals surface area (Å²) in [6.07, 6.45) is 4.65. The van der Waals surface area contributed by atoms with Gasteiger partial charge in [0.25, 0.3) is 0 Å². The molecule has 12 nitrogen and oxygen atoms in total. The van der Waals surface area contributed by atoms with Gasteiger partial charge in [-0.3, -0.25) is 0 Å². The molecule has 0 aromatic heterocycles. The first-order valence-corrected chi connectivity index (χ1v) is 15.4. The standard InChI is InChI=1S/C20H42O11.C11H16O/c21-1-3-23-5-7-25-9-11-27-13-15-29-17-19-31-20-18-30-16-14-28-12-10-26-8-6-24-4-2-22;1-2-3-4-7-10-8-5-6-9-11(10)12/h21-22H,1-20H2;5-6,8-9,12H,2-4,7H2,1H3. The normalized spacial score (nSPS) is 11.0. The lowest BCUT2D eigenvalue weighted by molar-refractivity contribution is -0.0260. The molecule has 0 aliphatic carbocycles. The third kappa shape index (κ3) is 33.3. The monoisotopic (exact) mass is 622 g/mol. The molecule has 0 atom stereocenters. The highest BCUT2D eigenvalue weighted by atomic mass is 16.6. The van der Waals surface area contributed by atoms with Crippen molar-refractivity contribution in [3.05, 3.63) is 29.8 Å². The highest BCUT2D eigenvalue weighted by molar-refractivity contribution is 5.31. The zero-order valence-corrected chi connectivity index (χ0v) is 26.3. The average molecular weight is 623 g/mol. The highest BCUT2D eigenvalue weighted by Gasteiger charge is 1.98. The van der Waals surface area contributed by atoms with E-state index in [9.17, 15) is 5.11 Å². The first kappa shape index (κ1) is 41.6. The summed E-state index contributed by atoms with van der Waals surface area (Å²) in [4.78, 5) is 0. The van der Waals surface area contributed by atoms with Gasteiger partial charge < -0.3 is 58.0 Å². The molecular formula is C31H58O12. The van der Waals surface area contributed by atoms with Crippen LogP contribution in [0.2, 0.25) is 0 Å². The number of aliphatic hydroxyl groups is 2. The Labute approximate surface area is 258 Å². The van der Waals surface area contributed by atoms with Crippen molar-refractivity contribution in [2.45, 2.75) is 32.6 Å². The number of aliphatic hydroxyl groups excluding tert-OH is 2. The van der Waals surface area contributed by atoms with Gasteiger partial charge in [-0.15, -0.1) is 0 Å². The van der Waals surface area contributed by atoms with Crippen LogP contribution in [0.15, 0.2) is 24.3 Å². The minimum atomic E-state index is 0.0278. The second-order valence-electron chi connectivity index (χ2n) is 9.04. The molecule has 0 amide bonds. The van der Waals surface area contributed by atoms with Gasteiger partial charge in [-0.05, 0) is 24.5 Å². The van der Waals surface area contributed by atoms with Crippen molar-refractivity contribution in [2.24, 2.45) is 0 Å². The number of hydrogen-bond acceptors (Lipinski definition) is 12. The van der Waals surface area contributed by atoms with Gasteiger partial charge >= 0.3 is 0 Å². The molecule has 1 rings (SSSR count). The number of phenols is 1. The van der Waals surface area contributed by atoms with Crippen molar-refractivity contribution in [3.8, 4) is 5.75 Å². The summed E-state index contributed by atoms with van der Waals surface area (Å²) < 4.78 is 47.7. The van der Waals surface area contributed by atoms with E-state index < -0.39 is 0 Å². The molecule has 1 aromatic carbocycles. The summed E-state index contributed by atoms with van der Waals surface area (Å²) in [5.74, 6) is 0.439. The van der Waals surface area contributed by atoms with Crippen LogP contribution in [-0.4, -0.2) is 147 Å². The summed E-state index contributed by atoms with van der Waals surface area (Å²) in [5.41, 5.74) is 1.07. The smallest absolute Gasteiger partial charge is 0.118 e. The van der Waals surface area contributed by atoms with Crippen LogP contribution in [0.3, 0.4) is 0 Å². The van der Waals surface area contributed by atoms with Gasteiger partial charge in [-0.2, -0.15) is 0 Å². The number of aryl methyl sites for hydroxylation is 1. The number of para-hydroxylation sites is 1. The number of phenolic OH excluding ortho intramolecular Hbond substituents is 1. The van der Waals surface area contributed by atoms with Crippen LogP contribution < -0.4 is 0 Å². The molecular weight excluding hydrogens is 564 g/mol. The molecule has 1 aromatic rings. The van der Waals surface area contributed by atoms with Crippen LogP contribution in [0.4, 0.5) is 0 Å². The summed E-state index contributed by atoms with van der Waals surface area (Å²) in [7, 11) is 0. The van der Waals surface area contributed by atoms with Crippen molar-refractivity contribution < 1.29 is 58.0 Å². The topological polar surface area (TPSA) is 144 Å².